The Kier molecular flexibility index (Phi) is 4.57. The van der Waals surface area contributed by atoms with Crippen molar-refractivity contribution in [2.24, 2.45) is 11.1 Å². The quantitative estimate of drug-likeness (QED) is 0.740. The number of oxime groups is 1. The van der Waals surface area contributed by atoms with Crippen LogP contribution in [0, 0.1) is 12.8 Å². The number of rotatable bonds is 5. The summed E-state index contributed by atoms with van der Waals surface area (Å²) in [5.41, 5.74) is 2.30. The first-order chi connectivity index (χ1) is 13.1. The van der Waals surface area contributed by atoms with E-state index in [0.29, 0.717) is 17.2 Å². The summed E-state index contributed by atoms with van der Waals surface area (Å²) in [5, 5.41) is 4.15. The molecular formula is C20H19NO5S. The minimum atomic E-state index is -1.83. The second-order valence-electron chi connectivity index (χ2n) is 6.39. The van der Waals surface area contributed by atoms with Gasteiger partial charge in [0.2, 0.25) is 6.29 Å². The normalized spacial score (nSPS) is 27.5. The van der Waals surface area contributed by atoms with Gasteiger partial charge in [0.25, 0.3) is 0 Å². The summed E-state index contributed by atoms with van der Waals surface area (Å²) < 4.78 is 24.5. The van der Waals surface area contributed by atoms with Crippen LogP contribution in [0.3, 0.4) is 0 Å². The van der Waals surface area contributed by atoms with Gasteiger partial charge in [-0.1, -0.05) is 53.2 Å². The molecule has 0 amide bonds. The molecule has 0 saturated carbocycles. The molecule has 0 aliphatic carbocycles. The van der Waals surface area contributed by atoms with Crippen LogP contribution < -0.4 is 0 Å². The molecule has 2 aromatic rings. The van der Waals surface area contributed by atoms with Crippen LogP contribution in [0.25, 0.3) is 0 Å². The lowest BCUT2D eigenvalue weighted by molar-refractivity contribution is -0.167. The molecule has 2 heterocycles. The van der Waals surface area contributed by atoms with Gasteiger partial charge in [-0.05, 0) is 26.0 Å². The number of hydrogen-bond donors (Lipinski definition) is 0. The maximum atomic E-state index is 13.5. The standard InChI is InChI=1S/C20H19NO5S/c1-3-24-18-16-17(14-7-5-4-6-8-14)21-26-20(16,19(22)25-18)27(23)15-11-9-13(2)10-12-15/h4-12,16,18H,3H2,1-2H3/t16-,18+,20?,27-/m1/s1. The molecule has 1 unspecified atom stereocenters. The van der Waals surface area contributed by atoms with Gasteiger partial charge in [0.1, 0.15) is 22.4 Å². The average Bonchev–Trinajstić information content (AvgIpc) is 3.21. The highest BCUT2D eigenvalue weighted by Gasteiger charge is 2.70. The van der Waals surface area contributed by atoms with Gasteiger partial charge in [-0.3, -0.25) is 0 Å². The smallest absolute Gasteiger partial charge is 0.370 e. The summed E-state index contributed by atoms with van der Waals surface area (Å²) in [6.07, 6.45) is -0.904. The van der Waals surface area contributed by atoms with E-state index in [1.807, 2.05) is 49.4 Å². The number of carbonyl (C=O) groups is 1. The Morgan fingerprint density at radius 3 is 2.52 bits per heavy atom. The molecule has 0 radical (unpaired) electrons. The number of benzene rings is 2. The molecule has 4 rings (SSSR count). The number of aryl methyl sites for hydroxylation is 1. The van der Waals surface area contributed by atoms with Crippen LogP contribution in [-0.2, 0) is 29.9 Å². The van der Waals surface area contributed by atoms with Crippen molar-refractivity contribution >= 4 is 22.5 Å². The minimum Gasteiger partial charge on any atom is -0.431 e. The third-order valence-electron chi connectivity index (χ3n) is 4.67. The Balaban J connectivity index is 1.79. The first kappa shape index (κ1) is 17.9. The lowest BCUT2D eigenvalue weighted by atomic mass is 9.93. The van der Waals surface area contributed by atoms with Gasteiger partial charge >= 0.3 is 10.9 Å². The molecule has 4 atom stereocenters. The number of cyclic esters (lactones) is 1. The zero-order valence-corrected chi connectivity index (χ0v) is 15.8. The number of esters is 1. The lowest BCUT2D eigenvalue weighted by Gasteiger charge is -2.23. The van der Waals surface area contributed by atoms with Crippen LogP contribution in [0.2, 0.25) is 0 Å². The Morgan fingerprint density at radius 2 is 1.85 bits per heavy atom. The van der Waals surface area contributed by atoms with Gasteiger partial charge in [0.05, 0.1) is 0 Å². The fourth-order valence-corrected chi connectivity index (χ4v) is 4.83. The molecule has 0 N–H and O–H groups in total. The monoisotopic (exact) mass is 385 g/mol. The molecule has 0 spiro atoms. The van der Waals surface area contributed by atoms with E-state index in [2.05, 4.69) is 5.16 Å². The van der Waals surface area contributed by atoms with E-state index in [1.165, 1.54) is 0 Å². The predicted molar refractivity (Wildman–Crippen MR) is 99.4 cm³/mol. The number of carbonyl (C=O) groups excluding carboxylic acids is 1. The van der Waals surface area contributed by atoms with Crippen LogP contribution in [-0.4, -0.2) is 33.7 Å². The van der Waals surface area contributed by atoms with E-state index in [0.717, 1.165) is 11.1 Å². The number of fused-ring (bicyclic) bond motifs is 1. The van der Waals surface area contributed by atoms with E-state index in [9.17, 15) is 9.00 Å². The van der Waals surface area contributed by atoms with Crippen molar-refractivity contribution in [3.63, 3.8) is 0 Å². The van der Waals surface area contributed by atoms with Crippen molar-refractivity contribution in [1.29, 1.82) is 0 Å². The van der Waals surface area contributed by atoms with Crippen molar-refractivity contribution in [2.45, 2.75) is 30.0 Å². The lowest BCUT2D eigenvalue weighted by Crippen LogP contribution is -2.47. The highest BCUT2D eigenvalue weighted by molar-refractivity contribution is 7.87. The van der Waals surface area contributed by atoms with Crippen molar-refractivity contribution in [3.8, 4) is 0 Å². The van der Waals surface area contributed by atoms with E-state index in [-0.39, 0.29) is 0 Å². The van der Waals surface area contributed by atoms with Crippen molar-refractivity contribution in [2.75, 3.05) is 6.61 Å². The topological polar surface area (TPSA) is 74.2 Å². The number of nitrogens with zero attached hydrogens (tertiary/aromatic N) is 1. The first-order valence-corrected chi connectivity index (χ1v) is 9.85. The van der Waals surface area contributed by atoms with Crippen LogP contribution in [0.15, 0.2) is 64.6 Å². The van der Waals surface area contributed by atoms with Gasteiger partial charge in [-0.15, -0.1) is 0 Å². The second-order valence-corrected chi connectivity index (χ2v) is 8.01. The third-order valence-corrected chi connectivity index (χ3v) is 6.42. The van der Waals surface area contributed by atoms with Gasteiger partial charge in [-0.2, -0.15) is 0 Å². The molecule has 2 aliphatic rings. The fraction of sp³-hybridized carbons (Fsp3) is 0.300. The van der Waals surface area contributed by atoms with Crippen molar-refractivity contribution in [1.82, 2.24) is 0 Å². The second kappa shape index (κ2) is 6.90. The van der Waals surface area contributed by atoms with Crippen molar-refractivity contribution < 1.29 is 23.3 Å². The maximum absolute atomic E-state index is 13.5. The molecule has 1 saturated heterocycles. The predicted octanol–water partition coefficient (Wildman–Crippen LogP) is 2.77. The van der Waals surface area contributed by atoms with Gasteiger partial charge in [0.15, 0.2) is 0 Å². The van der Waals surface area contributed by atoms with Crippen LogP contribution in [0.1, 0.15) is 18.1 Å². The number of ether oxygens (including phenoxy) is 2. The maximum Gasteiger partial charge on any atom is 0.370 e. The van der Waals surface area contributed by atoms with E-state index in [1.54, 1.807) is 19.1 Å². The summed E-state index contributed by atoms with van der Waals surface area (Å²) in [4.78, 5) is 17.2. The summed E-state index contributed by atoms with van der Waals surface area (Å²) in [6, 6.07) is 16.5. The summed E-state index contributed by atoms with van der Waals surface area (Å²) in [5.74, 6) is -1.45. The Bertz CT molecular complexity index is 912. The molecule has 6 nitrogen and oxygen atoms in total. The molecule has 2 aromatic carbocycles. The van der Waals surface area contributed by atoms with E-state index < -0.39 is 33.9 Å². The summed E-state index contributed by atoms with van der Waals surface area (Å²) in [6.45, 7) is 4.08. The summed E-state index contributed by atoms with van der Waals surface area (Å²) >= 11 is 0. The molecule has 2 aliphatic heterocycles. The highest BCUT2D eigenvalue weighted by Crippen LogP contribution is 2.47. The van der Waals surface area contributed by atoms with Gasteiger partial charge < -0.3 is 14.3 Å². The SMILES string of the molecule is CCO[C@H]1OC(=O)C2([S@](=O)c3ccc(C)cc3)ON=C(c3ccccc3)[C@H]12. The molecule has 0 bridgehead atoms. The van der Waals surface area contributed by atoms with Gasteiger partial charge in [-0.25, -0.2) is 9.00 Å². The molecule has 140 valence electrons. The Labute approximate surface area is 159 Å². The van der Waals surface area contributed by atoms with E-state index in [4.69, 9.17) is 14.3 Å². The molecule has 7 heteroatoms. The van der Waals surface area contributed by atoms with Crippen LogP contribution in [0.5, 0.6) is 0 Å². The molecular weight excluding hydrogens is 366 g/mol. The van der Waals surface area contributed by atoms with Crippen LogP contribution >= 0.6 is 0 Å². The summed E-state index contributed by atoms with van der Waals surface area (Å²) in [7, 11) is -1.83. The van der Waals surface area contributed by atoms with Crippen LogP contribution in [0.4, 0.5) is 0 Å². The third kappa shape index (κ3) is 2.78. The molecule has 27 heavy (non-hydrogen) atoms. The largest absolute Gasteiger partial charge is 0.431 e. The highest BCUT2D eigenvalue weighted by atomic mass is 32.2. The fourth-order valence-electron chi connectivity index (χ4n) is 3.34. The van der Waals surface area contributed by atoms with Gasteiger partial charge in [0, 0.05) is 17.1 Å². The number of hydrogen-bond acceptors (Lipinski definition) is 6. The Morgan fingerprint density at radius 1 is 1.15 bits per heavy atom. The van der Waals surface area contributed by atoms with Crippen molar-refractivity contribution in [3.05, 3.63) is 65.7 Å². The first-order valence-electron chi connectivity index (χ1n) is 8.70. The Hall–Kier alpha value is -2.51. The zero-order valence-electron chi connectivity index (χ0n) is 15.0. The van der Waals surface area contributed by atoms with E-state index >= 15 is 0 Å². The zero-order chi connectivity index (χ0) is 19.0. The minimum absolute atomic E-state index is 0.337. The molecule has 1 fully saturated rings. The molecule has 0 aromatic heterocycles. The average molecular weight is 385 g/mol.